The molecule has 0 spiro atoms. The van der Waals surface area contributed by atoms with E-state index in [1.807, 2.05) is 42.5 Å². The average Bonchev–Trinajstić information content (AvgIpc) is 2.61. The minimum Gasteiger partial charge on any atom is -0.497 e. The highest BCUT2D eigenvalue weighted by molar-refractivity contribution is 9.10. The molecule has 0 atom stereocenters. The van der Waals surface area contributed by atoms with Crippen LogP contribution in [0, 0.1) is 0 Å². The second-order valence-electron chi connectivity index (χ2n) is 5.63. The molecule has 0 saturated carbocycles. The van der Waals surface area contributed by atoms with Crippen molar-refractivity contribution >= 4 is 33.4 Å². The molecule has 0 saturated heterocycles. The minimum atomic E-state index is -0.232. The Morgan fingerprint density at radius 2 is 1.92 bits per heavy atom. The Labute approximate surface area is 156 Å². The van der Waals surface area contributed by atoms with E-state index in [9.17, 15) is 9.59 Å². The van der Waals surface area contributed by atoms with Gasteiger partial charge < -0.3 is 15.0 Å². The van der Waals surface area contributed by atoms with E-state index in [4.69, 9.17) is 4.74 Å². The summed E-state index contributed by atoms with van der Waals surface area (Å²) in [5, 5.41) is 2.79. The highest BCUT2D eigenvalue weighted by atomic mass is 79.9. The maximum Gasteiger partial charge on any atom is 0.244 e. The lowest BCUT2D eigenvalue weighted by Gasteiger charge is -2.17. The maximum absolute atomic E-state index is 12.2. The van der Waals surface area contributed by atoms with E-state index in [1.54, 1.807) is 20.2 Å². The predicted molar refractivity (Wildman–Crippen MR) is 102 cm³/mol. The Bertz CT molecular complexity index is 749. The number of ether oxygens (including phenoxy) is 1. The van der Waals surface area contributed by atoms with Crippen molar-refractivity contribution < 1.29 is 14.3 Å². The molecule has 0 bridgehead atoms. The standard InChI is InChI=1S/C19H21BrN2O3/c1-22(13-18(23)21-17-9-4-3-8-16(17)20)19(24)11-10-14-6-5-7-15(12-14)25-2/h3-9,12H,10-11,13H2,1-2H3,(H,21,23). The van der Waals surface area contributed by atoms with Crippen molar-refractivity contribution in [2.45, 2.75) is 12.8 Å². The number of amides is 2. The van der Waals surface area contributed by atoms with Crippen LogP contribution in [0.25, 0.3) is 0 Å². The number of anilines is 1. The molecule has 2 aromatic carbocycles. The fraction of sp³-hybridized carbons (Fsp3) is 0.263. The third-order valence-electron chi connectivity index (χ3n) is 3.72. The van der Waals surface area contributed by atoms with Crippen LogP contribution in [0.1, 0.15) is 12.0 Å². The Morgan fingerprint density at radius 3 is 2.64 bits per heavy atom. The topological polar surface area (TPSA) is 58.6 Å². The van der Waals surface area contributed by atoms with E-state index in [1.165, 1.54) is 4.90 Å². The normalized spacial score (nSPS) is 10.2. The molecule has 2 aromatic rings. The highest BCUT2D eigenvalue weighted by Gasteiger charge is 2.14. The molecule has 0 aliphatic carbocycles. The Morgan fingerprint density at radius 1 is 1.16 bits per heavy atom. The summed E-state index contributed by atoms with van der Waals surface area (Å²) >= 11 is 3.38. The first-order valence-corrected chi connectivity index (χ1v) is 8.70. The average molecular weight is 405 g/mol. The van der Waals surface area contributed by atoms with E-state index < -0.39 is 0 Å². The molecule has 0 fully saturated rings. The summed E-state index contributed by atoms with van der Waals surface area (Å²) in [7, 11) is 3.25. The molecule has 6 heteroatoms. The lowest BCUT2D eigenvalue weighted by atomic mass is 10.1. The van der Waals surface area contributed by atoms with Gasteiger partial charge in [-0.25, -0.2) is 0 Å². The molecule has 2 amide bonds. The number of benzene rings is 2. The smallest absolute Gasteiger partial charge is 0.244 e. The Hall–Kier alpha value is -2.34. The second-order valence-corrected chi connectivity index (χ2v) is 6.48. The predicted octanol–water partition coefficient (Wildman–Crippen LogP) is 3.49. The number of nitrogens with one attached hydrogen (secondary N) is 1. The summed E-state index contributed by atoms with van der Waals surface area (Å²) in [5.74, 6) is 0.459. The molecule has 0 heterocycles. The van der Waals surface area contributed by atoms with Crippen LogP contribution in [0.5, 0.6) is 5.75 Å². The van der Waals surface area contributed by atoms with Gasteiger partial charge in [0.15, 0.2) is 0 Å². The van der Waals surface area contributed by atoms with Crippen molar-refractivity contribution in [3.63, 3.8) is 0 Å². The molecule has 0 aromatic heterocycles. The van der Waals surface area contributed by atoms with Crippen LogP contribution in [0.2, 0.25) is 0 Å². The summed E-state index contributed by atoms with van der Waals surface area (Å²) in [4.78, 5) is 25.8. The van der Waals surface area contributed by atoms with Crippen LogP contribution in [0.4, 0.5) is 5.69 Å². The summed E-state index contributed by atoms with van der Waals surface area (Å²) in [5.41, 5.74) is 1.71. The molecular formula is C19H21BrN2O3. The van der Waals surface area contributed by atoms with Gasteiger partial charge >= 0.3 is 0 Å². The van der Waals surface area contributed by atoms with E-state index >= 15 is 0 Å². The van der Waals surface area contributed by atoms with Gasteiger partial charge in [0.2, 0.25) is 11.8 Å². The number of rotatable bonds is 7. The zero-order valence-corrected chi connectivity index (χ0v) is 15.9. The fourth-order valence-electron chi connectivity index (χ4n) is 2.33. The molecule has 0 radical (unpaired) electrons. The van der Waals surface area contributed by atoms with Gasteiger partial charge in [0.25, 0.3) is 0 Å². The lowest BCUT2D eigenvalue weighted by Crippen LogP contribution is -2.35. The first-order chi connectivity index (χ1) is 12.0. The Balaban J connectivity index is 1.83. The van der Waals surface area contributed by atoms with E-state index in [0.717, 1.165) is 15.8 Å². The number of methoxy groups -OCH3 is 1. The van der Waals surface area contributed by atoms with Gasteiger partial charge in [-0.2, -0.15) is 0 Å². The number of likely N-dealkylation sites (N-methyl/N-ethyl adjacent to an activating group) is 1. The van der Waals surface area contributed by atoms with Crippen LogP contribution < -0.4 is 10.1 Å². The molecule has 0 unspecified atom stereocenters. The minimum absolute atomic E-state index is 0.0122. The number of carbonyl (C=O) groups is 2. The Kier molecular flexibility index (Phi) is 7.01. The van der Waals surface area contributed by atoms with Gasteiger partial charge in [0.05, 0.1) is 19.3 Å². The molecule has 25 heavy (non-hydrogen) atoms. The molecule has 132 valence electrons. The van der Waals surface area contributed by atoms with Crippen molar-refractivity contribution in [3.8, 4) is 5.75 Å². The van der Waals surface area contributed by atoms with Crippen LogP contribution in [0.15, 0.2) is 53.0 Å². The summed E-state index contributed by atoms with van der Waals surface area (Å²) in [6, 6.07) is 15.0. The quantitative estimate of drug-likeness (QED) is 0.768. The number of para-hydroxylation sites is 1. The van der Waals surface area contributed by atoms with Crippen molar-refractivity contribution in [1.82, 2.24) is 4.90 Å². The molecule has 1 N–H and O–H groups in total. The number of carbonyl (C=O) groups excluding carboxylic acids is 2. The number of hydrogen-bond acceptors (Lipinski definition) is 3. The molecule has 0 aliphatic rings. The maximum atomic E-state index is 12.2. The van der Waals surface area contributed by atoms with E-state index in [-0.39, 0.29) is 18.4 Å². The van der Waals surface area contributed by atoms with Crippen molar-refractivity contribution in [2.24, 2.45) is 0 Å². The van der Waals surface area contributed by atoms with Crippen LogP contribution in [-0.4, -0.2) is 37.4 Å². The molecule has 5 nitrogen and oxygen atoms in total. The summed E-state index contributed by atoms with van der Waals surface area (Å²) in [6.45, 7) is 0.0122. The zero-order chi connectivity index (χ0) is 18.2. The van der Waals surface area contributed by atoms with Crippen molar-refractivity contribution in [1.29, 1.82) is 0 Å². The van der Waals surface area contributed by atoms with Crippen LogP contribution >= 0.6 is 15.9 Å². The third kappa shape index (κ3) is 5.90. The highest BCUT2D eigenvalue weighted by Crippen LogP contribution is 2.21. The van der Waals surface area contributed by atoms with Crippen LogP contribution in [-0.2, 0) is 16.0 Å². The van der Waals surface area contributed by atoms with Gasteiger partial charge in [-0.1, -0.05) is 24.3 Å². The second kappa shape index (κ2) is 9.22. The van der Waals surface area contributed by atoms with E-state index in [2.05, 4.69) is 21.2 Å². The van der Waals surface area contributed by atoms with Crippen molar-refractivity contribution in [2.75, 3.05) is 26.0 Å². The first-order valence-electron chi connectivity index (χ1n) is 7.91. The summed E-state index contributed by atoms with van der Waals surface area (Å²) < 4.78 is 5.98. The SMILES string of the molecule is COc1cccc(CCC(=O)N(C)CC(=O)Nc2ccccc2Br)c1. The molecular weight excluding hydrogens is 384 g/mol. The van der Waals surface area contributed by atoms with Crippen molar-refractivity contribution in [3.05, 3.63) is 58.6 Å². The monoisotopic (exact) mass is 404 g/mol. The van der Waals surface area contributed by atoms with Crippen LogP contribution in [0.3, 0.4) is 0 Å². The van der Waals surface area contributed by atoms with Gasteiger partial charge in [-0.05, 0) is 52.2 Å². The third-order valence-corrected chi connectivity index (χ3v) is 4.41. The lowest BCUT2D eigenvalue weighted by molar-refractivity contribution is -0.133. The zero-order valence-electron chi connectivity index (χ0n) is 14.3. The number of hydrogen-bond donors (Lipinski definition) is 1. The molecule has 0 aliphatic heterocycles. The largest absolute Gasteiger partial charge is 0.497 e. The van der Waals surface area contributed by atoms with Gasteiger partial charge in [0, 0.05) is 17.9 Å². The summed E-state index contributed by atoms with van der Waals surface area (Å²) in [6.07, 6.45) is 0.943. The van der Waals surface area contributed by atoms with Gasteiger partial charge in [0.1, 0.15) is 5.75 Å². The fourth-order valence-corrected chi connectivity index (χ4v) is 2.71. The van der Waals surface area contributed by atoms with Gasteiger partial charge in [-0.15, -0.1) is 0 Å². The first kappa shape index (κ1) is 19.0. The number of nitrogens with zero attached hydrogens (tertiary/aromatic N) is 1. The molecule has 2 rings (SSSR count). The van der Waals surface area contributed by atoms with E-state index in [0.29, 0.717) is 18.5 Å². The number of aryl methyl sites for hydroxylation is 1. The van der Waals surface area contributed by atoms with Gasteiger partial charge in [-0.3, -0.25) is 9.59 Å². The number of halogens is 1.